The molecule has 0 saturated heterocycles. The fourth-order valence-corrected chi connectivity index (χ4v) is 1.73. The minimum absolute atomic E-state index is 0.226. The summed E-state index contributed by atoms with van der Waals surface area (Å²) in [4.78, 5) is 13.4. The number of hydrogen-bond acceptors (Lipinski definition) is 4. The molecule has 1 amide bonds. The number of hydrogen-bond donors (Lipinski definition) is 1. The highest BCUT2D eigenvalue weighted by molar-refractivity contribution is 9.10. The first-order valence-corrected chi connectivity index (χ1v) is 6.83. The summed E-state index contributed by atoms with van der Waals surface area (Å²) < 4.78 is 0.924. The predicted octanol–water partition coefficient (Wildman–Crippen LogP) is 2.49. The van der Waals surface area contributed by atoms with Crippen LogP contribution in [0.4, 0.5) is 5.95 Å². The van der Waals surface area contributed by atoms with Crippen LogP contribution in [-0.4, -0.2) is 26.1 Å². The molecule has 2 rings (SSSR count). The van der Waals surface area contributed by atoms with Gasteiger partial charge < -0.3 is 0 Å². The smallest absolute Gasteiger partial charge is 0.270 e. The van der Waals surface area contributed by atoms with E-state index >= 15 is 0 Å². The second-order valence-corrected chi connectivity index (χ2v) is 4.94. The number of halogens is 1. The number of unbranched alkanes of at least 4 members (excludes halogenated alkanes) is 1. The van der Waals surface area contributed by atoms with Crippen LogP contribution in [0.25, 0.3) is 0 Å². The molecule has 1 aromatic heterocycles. The van der Waals surface area contributed by atoms with Crippen LogP contribution in [0.5, 0.6) is 0 Å². The van der Waals surface area contributed by atoms with Gasteiger partial charge >= 0.3 is 0 Å². The minimum Gasteiger partial charge on any atom is -0.288 e. The summed E-state index contributed by atoms with van der Waals surface area (Å²) >= 11 is 3.32. The maximum absolute atomic E-state index is 11.9. The van der Waals surface area contributed by atoms with Gasteiger partial charge in [0.2, 0.25) is 0 Å². The van der Waals surface area contributed by atoms with Gasteiger partial charge in [0, 0.05) is 10.0 Å². The molecule has 0 saturated carbocycles. The lowest BCUT2D eigenvalue weighted by Gasteiger charge is -2.00. The first kappa shape index (κ1) is 13.7. The Bertz CT molecular complexity index is 552. The molecule has 1 heterocycles. The second kappa shape index (κ2) is 6.42. The highest BCUT2D eigenvalue weighted by atomic mass is 79.9. The van der Waals surface area contributed by atoms with Crippen LogP contribution >= 0.6 is 15.9 Å². The molecule has 0 aliphatic heterocycles. The fraction of sp³-hybridized carbons (Fsp3) is 0.333. The van der Waals surface area contributed by atoms with Crippen LogP contribution in [0.1, 0.15) is 30.1 Å². The van der Waals surface area contributed by atoms with E-state index < -0.39 is 0 Å². The molecule has 0 fully saturated rings. The normalized spacial score (nSPS) is 10.4. The van der Waals surface area contributed by atoms with E-state index in [1.165, 1.54) is 4.80 Å². The van der Waals surface area contributed by atoms with Crippen molar-refractivity contribution >= 4 is 27.8 Å². The number of aryl methyl sites for hydroxylation is 1. The van der Waals surface area contributed by atoms with Crippen molar-refractivity contribution in [3.05, 3.63) is 34.3 Å². The van der Waals surface area contributed by atoms with Crippen molar-refractivity contribution in [3.63, 3.8) is 0 Å². The number of nitrogens with zero attached hydrogens (tertiary/aromatic N) is 4. The maximum Gasteiger partial charge on any atom is 0.270 e. The highest BCUT2D eigenvalue weighted by Gasteiger charge is 2.09. The van der Waals surface area contributed by atoms with E-state index in [9.17, 15) is 4.79 Å². The molecule has 0 unspecified atom stereocenters. The number of rotatable bonds is 5. The summed E-state index contributed by atoms with van der Waals surface area (Å²) in [5.74, 6) is -0.0217. The van der Waals surface area contributed by atoms with Gasteiger partial charge in [-0.25, -0.2) is 0 Å². The third-order valence-corrected chi connectivity index (χ3v) is 3.02. The number of carbonyl (C=O) groups is 1. The number of aromatic nitrogens is 4. The highest BCUT2D eigenvalue weighted by Crippen LogP contribution is 2.11. The van der Waals surface area contributed by atoms with Crippen molar-refractivity contribution in [2.24, 2.45) is 0 Å². The van der Waals surface area contributed by atoms with Crippen molar-refractivity contribution < 1.29 is 4.79 Å². The van der Waals surface area contributed by atoms with E-state index in [4.69, 9.17) is 0 Å². The molecule has 100 valence electrons. The quantitative estimate of drug-likeness (QED) is 0.917. The summed E-state index contributed by atoms with van der Waals surface area (Å²) in [5, 5.41) is 14.4. The second-order valence-electron chi connectivity index (χ2n) is 4.02. The molecular formula is C12H14BrN5O. The Morgan fingerprint density at radius 3 is 2.79 bits per heavy atom. The van der Waals surface area contributed by atoms with Crippen molar-refractivity contribution in [1.82, 2.24) is 20.2 Å². The number of tetrazole rings is 1. The van der Waals surface area contributed by atoms with E-state index in [1.54, 1.807) is 24.3 Å². The summed E-state index contributed by atoms with van der Waals surface area (Å²) in [7, 11) is 0. The zero-order valence-corrected chi connectivity index (χ0v) is 12.1. The Hall–Kier alpha value is -1.76. The van der Waals surface area contributed by atoms with Crippen molar-refractivity contribution in [2.45, 2.75) is 26.3 Å². The minimum atomic E-state index is -0.248. The van der Waals surface area contributed by atoms with E-state index in [2.05, 4.69) is 43.6 Å². The van der Waals surface area contributed by atoms with Crippen molar-refractivity contribution in [1.29, 1.82) is 0 Å². The van der Waals surface area contributed by atoms with Crippen LogP contribution in [0.3, 0.4) is 0 Å². The molecule has 19 heavy (non-hydrogen) atoms. The Morgan fingerprint density at radius 2 is 2.11 bits per heavy atom. The van der Waals surface area contributed by atoms with E-state index in [0.29, 0.717) is 12.1 Å². The van der Waals surface area contributed by atoms with Gasteiger partial charge in [0.05, 0.1) is 6.54 Å². The molecule has 0 aliphatic carbocycles. The maximum atomic E-state index is 11.9. The van der Waals surface area contributed by atoms with Crippen LogP contribution in [-0.2, 0) is 6.54 Å². The third kappa shape index (κ3) is 3.85. The Morgan fingerprint density at radius 1 is 1.37 bits per heavy atom. The molecule has 0 spiro atoms. The molecule has 2 aromatic rings. The SMILES string of the molecule is CCCCn1nnc(NC(=O)c2ccc(Br)cc2)n1. The van der Waals surface area contributed by atoms with Gasteiger partial charge in [-0.2, -0.15) is 4.80 Å². The van der Waals surface area contributed by atoms with Crippen LogP contribution in [0, 0.1) is 0 Å². The molecule has 1 aromatic carbocycles. The van der Waals surface area contributed by atoms with Gasteiger partial charge in [-0.05, 0) is 35.9 Å². The van der Waals surface area contributed by atoms with Crippen LogP contribution < -0.4 is 5.32 Å². The van der Waals surface area contributed by atoms with Gasteiger partial charge in [0.25, 0.3) is 11.9 Å². The fourth-order valence-electron chi connectivity index (χ4n) is 1.46. The predicted molar refractivity (Wildman–Crippen MR) is 74.8 cm³/mol. The number of nitrogens with one attached hydrogen (secondary N) is 1. The summed E-state index contributed by atoms with van der Waals surface area (Å²) in [6, 6.07) is 7.06. The lowest BCUT2D eigenvalue weighted by Crippen LogP contribution is -2.13. The summed E-state index contributed by atoms with van der Waals surface area (Å²) in [5.41, 5.74) is 0.549. The molecule has 0 bridgehead atoms. The van der Waals surface area contributed by atoms with Crippen molar-refractivity contribution in [2.75, 3.05) is 5.32 Å². The van der Waals surface area contributed by atoms with Gasteiger partial charge in [0.1, 0.15) is 0 Å². The standard InChI is InChI=1S/C12H14BrN5O/c1-2-3-8-18-16-12(15-17-18)14-11(19)9-4-6-10(13)7-5-9/h4-7H,2-3,8H2,1H3,(H,14,16,19). The van der Waals surface area contributed by atoms with E-state index in [-0.39, 0.29) is 11.9 Å². The molecular weight excluding hydrogens is 310 g/mol. The summed E-state index contributed by atoms with van der Waals surface area (Å²) in [6.07, 6.45) is 2.04. The number of amides is 1. The van der Waals surface area contributed by atoms with Crippen LogP contribution in [0.2, 0.25) is 0 Å². The molecule has 0 atom stereocenters. The lowest BCUT2D eigenvalue weighted by molar-refractivity contribution is 0.102. The van der Waals surface area contributed by atoms with Gasteiger partial charge in [-0.1, -0.05) is 34.4 Å². The van der Waals surface area contributed by atoms with Crippen molar-refractivity contribution in [3.8, 4) is 0 Å². The van der Waals surface area contributed by atoms with E-state index in [1.807, 2.05) is 0 Å². The van der Waals surface area contributed by atoms with E-state index in [0.717, 1.165) is 17.3 Å². The Kier molecular flexibility index (Phi) is 4.62. The first-order valence-electron chi connectivity index (χ1n) is 6.04. The molecule has 7 heteroatoms. The van der Waals surface area contributed by atoms with Gasteiger partial charge in [0.15, 0.2) is 0 Å². The third-order valence-electron chi connectivity index (χ3n) is 2.50. The number of anilines is 1. The molecule has 6 nitrogen and oxygen atoms in total. The van der Waals surface area contributed by atoms with Crippen LogP contribution in [0.15, 0.2) is 28.7 Å². The number of benzene rings is 1. The monoisotopic (exact) mass is 323 g/mol. The topological polar surface area (TPSA) is 72.7 Å². The van der Waals surface area contributed by atoms with Gasteiger partial charge in [-0.3, -0.25) is 10.1 Å². The zero-order valence-electron chi connectivity index (χ0n) is 10.5. The summed E-state index contributed by atoms with van der Waals surface area (Å²) in [6.45, 7) is 2.80. The average molecular weight is 324 g/mol. The number of carbonyl (C=O) groups excluding carboxylic acids is 1. The first-order chi connectivity index (χ1) is 9.19. The Labute approximate surface area is 119 Å². The van der Waals surface area contributed by atoms with Gasteiger partial charge in [-0.15, -0.1) is 5.10 Å². The molecule has 0 radical (unpaired) electrons. The zero-order chi connectivity index (χ0) is 13.7. The Balaban J connectivity index is 1.98. The largest absolute Gasteiger partial charge is 0.288 e. The average Bonchev–Trinajstić information content (AvgIpc) is 2.84. The lowest BCUT2D eigenvalue weighted by atomic mass is 10.2. The molecule has 1 N–H and O–H groups in total. The molecule has 0 aliphatic rings.